The lowest BCUT2D eigenvalue weighted by atomic mass is 10.0. The SMILES string of the molecule is Cc1ccc(C(O)CNc2ccccc2C#N)cc1C. The molecule has 2 rings (SSSR count). The largest absolute Gasteiger partial charge is 0.387 e. The lowest BCUT2D eigenvalue weighted by molar-refractivity contribution is 0.191. The smallest absolute Gasteiger partial charge is 0.101 e. The Bertz CT molecular complexity index is 644. The summed E-state index contributed by atoms with van der Waals surface area (Å²) in [5.41, 5.74) is 4.59. The van der Waals surface area contributed by atoms with Crippen LogP contribution in [-0.2, 0) is 0 Å². The summed E-state index contributed by atoms with van der Waals surface area (Å²) >= 11 is 0. The van der Waals surface area contributed by atoms with Crippen LogP contribution in [0, 0.1) is 25.2 Å². The van der Waals surface area contributed by atoms with E-state index in [4.69, 9.17) is 5.26 Å². The first-order valence-electron chi connectivity index (χ1n) is 6.60. The fraction of sp³-hybridized carbons (Fsp3) is 0.235. The number of aliphatic hydroxyl groups is 1. The molecule has 0 aromatic heterocycles. The quantitative estimate of drug-likeness (QED) is 0.892. The van der Waals surface area contributed by atoms with E-state index in [1.54, 1.807) is 6.07 Å². The van der Waals surface area contributed by atoms with Crippen LogP contribution in [0.3, 0.4) is 0 Å². The molecule has 3 heteroatoms. The zero-order valence-electron chi connectivity index (χ0n) is 11.7. The van der Waals surface area contributed by atoms with Crippen LogP contribution >= 0.6 is 0 Å². The molecule has 0 fully saturated rings. The van der Waals surface area contributed by atoms with Crippen LogP contribution in [0.4, 0.5) is 5.69 Å². The number of nitriles is 1. The van der Waals surface area contributed by atoms with Crippen molar-refractivity contribution in [3.05, 3.63) is 64.7 Å². The highest BCUT2D eigenvalue weighted by molar-refractivity contribution is 5.57. The van der Waals surface area contributed by atoms with E-state index in [0.717, 1.165) is 11.3 Å². The van der Waals surface area contributed by atoms with Crippen molar-refractivity contribution in [2.24, 2.45) is 0 Å². The molecule has 3 nitrogen and oxygen atoms in total. The summed E-state index contributed by atoms with van der Waals surface area (Å²) in [5.74, 6) is 0. The van der Waals surface area contributed by atoms with E-state index in [1.807, 2.05) is 50.2 Å². The molecule has 0 aliphatic carbocycles. The Morgan fingerprint density at radius 1 is 1.15 bits per heavy atom. The van der Waals surface area contributed by atoms with Gasteiger partial charge in [0.2, 0.25) is 0 Å². The molecule has 2 aromatic rings. The molecular weight excluding hydrogens is 248 g/mol. The van der Waals surface area contributed by atoms with Crippen molar-refractivity contribution in [1.82, 2.24) is 0 Å². The maximum Gasteiger partial charge on any atom is 0.101 e. The molecule has 102 valence electrons. The number of nitrogens with one attached hydrogen (secondary N) is 1. The van der Waals surface area contributed by atoms with E-state index in [1.165, 1.54) is 11.1 Å². The van der Waals surface area contributed by atoms with Gasteiger partial charge >= 0.3 is 0 Å². The number of anilines is 1. The predicted octanol–water partition coefficient (Wildman–Crippen LogP) is 3.32. The van der Waals surface area contributed by atoms with Crippen molar-refractivity contribution in [2.75, 3.05) is 11.9 Å². The monoisotopic (exact) mass is 266 g/mol. The minimum absolute atomic E-state index is 0.376. The van der Waals surface area contributed by atoms with Crippen LogP contribution < -0.4 is 5.32 Å². The zero-order chi connectivity index (χ0) is 14.5. The van der Waals surface area contributed by atoms with E-state index in [0.29, 0.717) is 12.1 Å². The third kappa shape index (κ3) is 3.17. The van der Waals surface area contributed by atoms with Gasteiger partial charge in [-0.1, -0.05) is 30.3 Å². The van der Waals surface area contributed by atoms with Gasteiger partial charge in [-0.3, -0.25) is 0 Å². The van der Waals surface area contributed by atoms with Crippen LogP contribution in [0.2, 0.25) is 0 Å². The molecular formula is C17H18N2O. The molecule has 2 aromatic carbocycles. The molecule has 0 amide bonds. The van der Waals surface area contributed by atoms with Gasteiger partial charge in [0.15, 0.2) is 0 Å². The molecule has 0 saturated heterocycles. The fourth-order valence-electron chi connectivity index (χ4n) is 2.03. The highest BCUT2D eigenvalue weighted by atomic mass is 16.3. The highest BCUT2D eigenvalue weighted by Crippen LogP contribution is 2.19. The Balaban J connectivity index is 2.07. The number of benzene rings is 2. The second kappa shape index (κ2) is 6.23. The Labute approximate surface area is 119 Å². The molecule has 0 aliphatic rings. The number of para-hydroxylation sites is 1. The predicted molar refractivity (Wildman–Crippen MR) is 80.5 cm³/mol. The first-order chi connectivity index (χ1) is 9.61. The summed E-state index contributed by atoms with van der Waals surface area (Å²) < 4.78 is 0. The zero-order valence-corrected chi connectivity index (χ0v) is 11.7. The summed E-state index contributed by atoms with van der Waals surface area (Å²) in [6, 6.07) is 15.4. The van der Waals surface area contributed by atoms with Gasteiger partial charge in [0.1, 0.15) is 6.07 Å². The lowest BCUT2D eigenvalue weighted by Gasteiger charge is -2.15. The van der Waals surface area contributed by atoms with Crippen molar-refractivity contribution in [3.63, 3.8) is 0 Å². The van der Waals surface area contributed by atoms with Gasteiger partial charge in [0.05, 0.1) is 17.4 Å². The molecule has 0 heterocycles. The Hall–Kier alpha value is -2.31. The van der Waals surface area contributed by atoms with Crippen LogP contribution in [0.15, 0.2) is 42.5 Å². The van der Waals surface area contributed by atoms with Gasteiger partial charge in [-0.05, 0) is 42.7 Å². The molecule has 2 N–H and O–H groups in total. The fourth-order valence-corrected chi connectivity index (χ4v) is 2.03. The maximum atomic E-state index is 10.2. The van der Waals surface area contributed by atoms with Crippen LogP contribution in [0.5, 0.6) is 0 Å². The minimum atomic E-state index is -0.596. The van der Waals surface area contributed by atoms with Crippen molar-refractivity contribution in [1.29, 1.82) is 5.26 Å². The molecule has 0 aliphatic heterocycles. The summed E-state index contributed by atoms with van der Waals surface area (Å²) in [7, 11) is 0. The van der Waals surface area contributed by atoms with Crippen molar-refractivity contribution >= 4 is 5.69 Å². The Morgan fingerprint density at radius 2 is 1.90 bits per heavy atom. The molecule has 20 heavy (non-hydrogen) atoms. The third-order valence-corrected chi connectivity index (χ3v) is 3.45. The summed E-state index contributed by atoms with van der Waals surface area (Å²) in [4.78, 5) is 0. The Kier molecular flexibility index (Phi) is 4.39. The van der Waals surface area contributed by atoms with Gasteiger partial charge in [-0.25, -0.2) is 0 Å². The Morgan fingerprint density at radius 3 is 2.60 bits per heavy atom. The number of hydrogen-bond acceptors (Lipinski definition) is 3. The first-order valence-corrected chi connectivity index (χ1v) is 6.60. The second-order valence-electron chi connectivity index (χ2n) is 4.90. The molecule has 0 saturated carbocycles. The summed E-state index contributed by atoms with van der Waals surface area (Å²) in [5, 5.41) is 22.4. The highest BCUT2D eigenvalue weighted by Gasteiger charge is 2.09. The average molecular weight is 266 g/mol. The van der Waals surface area contributed by atoms with E-state index in [-0.39, 0.29) is 0 Å². The lowest BCUT2D eigenvalue weighted by Crippen LogP contribution is -2.13. The standard InChI is InChI=1S/C17H18N2O/c1-12-7-8-14(9-13(12)2)17(20)11-19-16-6-4-3-5-15(16)10-18/h3-9,17,19-20H,11H2,1-2H3. The van der Waals surface area contributed by atoms with Gasteiger partial charge in [-0.15, -0.1) is 0 Å². The van der Waals surface area contributed by atoms with Crippen LogP contribution in [0.25, 0.3) is 0 Å². The number of aliphatic hydroxyl groups excluding tert-OH is 1. The molecule has 0 spiro atoms. The van der Waals surface area contributed by atoms with Crippen molar-refractivity contribution in [2.45, 2.75) is 20.0 Å². The van der Waals surface area contributed by atoms with Gasteiger partial charge in [-0.2, -0.15) is 5.26 Å². The van der Waals surface area contributed by atoms with E-state index < -0.39 is 6.10 Å². The third-order valence-electron chi connectivity index (χ3n) is 3.45. The number of rotatable bonds is 4. The van der Waals surface area contributed by atoms with Crippen LogP contribution in [-0.4, -0.2) is 11.7 Å². The average Bonchev–Trinajstić information content (AvgIpc) is 2.47. The van der Waals surface area contributed by atoms with Crippen LogP contribution in [0.1, 0.15) is 28.4 Å². The summed E-state index contributed by atoms with van der Waals surface area (Å²) in [6.45, 7) is 4.46. The minimum Gasteiger partial charge on any atom is -0.387 e. The molecule has 0 bridgehead atoms. The number of hydrogen-bond donors (Lipinski definition) is 2. The van der Waals surface area contributed by atoms with E-state index in [2.05, 4.69) is 11.4 Å². The normalized spacial score (nSPS) is 11.7. The molecule has 1 atom stereocenters. The number of aryl methyl sites for hydroxylation is 2. The summed E-state index contributed by atoms with van der Waals surface area (Å²) in [6.07, 6.45) is -0.596. The van der Waals surface area contributed by atoms with Gasteiger partial charge in [0.25, 0.3) is 0 Å². The second-order valence-corrected chi connectivity index (χ2v) is 4.90. The van der Waals surface area contributed by atoms with Gasteiger partial charge < -0.3 is 10.4 Å². The van der Waals surface area contributed by atoms with Crippen molar-refractivity contribution in [3.8, 4) is 6.07 Å². The first kappa shape index (κ1) is 14.1. The van der Waals surface area contributed by atoms with Crippen molar-refractivity contribution < 1.29 is 5.11 Å². The van der Waals surface area contributed by atoms with Gasteiger partial charge in [0, 0.05) is 6.54 Å². The molecule has 1 unspecified atom stereocenters. The number of nitrogens with zero attached hydrogens (tertiary/aromatic N) is 1. The van der Waals surface area contributed by atoms with E-state index in [9.17, 15) is 5.11 Å². The molecule has 0 radical (unpaired) electrons. The van der Waals surface area contributed by atoms with E-state index >= 15 is 0 Å². The maximum absolute atomic E-state index is 10.2. The topological polar surface area (TPSA) is 56.0 Å².